The van der Waals surface area contributed by atoms with Gasteiger partial charge >= 0.3 is 11.9 Å². The van der Waals surface area contributed by atoms with Crippen LogP contribution in [0.2, 0.25) is 0 Å². The van der Waals surface area contributed by atoms with Crippen molar-refractivity contribution in [3.05, 3.63) is 0 Å². The number of nitrogens with one attached hydrogen (secondary N) is 3. The summed E-state index contributed by atoms with van der Waals surface area (Å²) >= 11 is 0. The van der Waals surface area contributed by atoms with E-state index in [0.717, 1.165) is 0 Å². The molecule has 14 heteroatoms. The van der Waals surface area contributed by atoms with Gasteiger partial charge in [-0.1, -0.05) is 20.3 Å². The quantitative estimate of drug-likeness (QED) is 0.112. The van der Waals surface area contributed by atoms with Crippen molar-refractivity contribution in [1.29, 1.82) is 0 Å². The van der Waals surface area contributed by atoms with Gasteiger partial charge in [-0.25, -0.2) is 4.79 Å². The molecule has 0 bridgehead atoms. The number of primary amides is 1. The number of aliphatic hydroxyl groups is 1. The molecule has 0 aromatic rings. The van der Waals surface area contributed by atoms with Crippen LogP contribution in [0.5, 0.6) is 0 Å². The normalized spacial score (nSPS) is 15.3. The number of carbonyl (C=O) groups excluding carboxylic acids is 4. The van der Waals surface area contributed by atoms with Crippen molar-refractivity contribution in [3.63, 3.8) is 0 Å². The second-order valence-corrected chi connectivity index (χ2v) is 7.56. The fourth-order valence-electron chi connectivity index (χ4n) is 2.66. The third-order valence-corrected chi connectivity index (χ3v) is 4.90. The molecule has 5 unspecified atom stereocenters. The molecule has 0 heterocycles. The number of amides is 4. The smallest absolute Gasteiger partial charge is 0.326 e. The Morgan fingerprint density at radius 1 is 0.848 bits per heavy atom. The number of aliphatic hydroxyl groups excluding tert-OH is 1. The molecule has 0 aliphatic carbocycles. The van der Waals surface area contributed by atoms with E-state index in [-0.39, 0.29) is 19.3 Å². The van der Waals surface area contributed by atoms with E-state index in [4.69, 9.17) is 21.7 Å². The number of carbonyl (C=O) groups is 6. The molecule has 0 rings (SSSR count). The van der Waals surface area contributed by atoms with E-state index >= 15 is 0 Å². The summed E-state index contributed by atoms with van der Waals surface area (Å²) in [5.41, 5.74) is 10.5. The van der Waals surface area contributed by atoms with Crippen LogP contribution < -0.4 is 27.4 Å². The highest BCUT2D eigenvalue weighted by molar-refractivity contribution is 5.94. The Morgan fingerprint density at radius 3 is 1.85 bits per heavy atom. The topological polar surface area (TPSA) is 251 Å². The number of nitrogens with two attached hydrogens (primary N) is 2. The van der Waals surface area contributed by atoms with E-state index in [9.17, 15) is 33.9 Å². The minimum absolute atomic E-state index is 0.212. The fraction of sp³-hybridized carbons (Fsp3) is 0.684. The number of hydrogen-bond donors (Lipinski definition) is 8. The standard InChI is InChI=1S/C19H33N5O9/c1-3-9(2)15(18(31)23-12(19(32)33)5-7-14(27)28)24-17(30)11(4-6-13(21)26)22-16(29)10(20)8-25/h9-12,15,25H,3-8,20H2,1-2H3,(H2,21,26)(H,22,29)(H,23,31)(H,24,30)(H,27,28)(H,32,33). The predicted molar refractivity (Wildman–Crippen MR) is 113 cm³/mol. The molecule has 0 fully saturated rings. The van der Waals surface area contributed by atoms with Gasteiger partial charge in [0.25, 0.3) is 0 Å². The number of carboxylic acids is 2. The first-order chi connectivity index (χ1) is 15.3. The zero-order valence-corrected chi connectivity index (χ0v) is 18.6. The minimum Gasteiger partial charge on any atom is -0.481 e. The monoisotopic (exact) mass is 475 g/mol. The Hall–Kier alpha value is -3.26. The van der Waals surface area contributed by atoms with Gasteiger partial charge < -0.3 is 42.7 Å². The summed E-state index contributed by atoms with van der Waals surface area (Å²) in [5.74, 6) is -6.48. The molecule has 0 spiro atoms. The van der Waals surface area contributed by atoms with Crippen LogP contribution in [0.4, 0.5) is 0 Å². The lowest BCUT2D eigenvalue weighted by molar-refractivity contribution is -0.143. The van der Waals surface area contributed by atoms with Crippen LogP contribution in [0, 0.1) is 5.92 Å². The maximum absolute atomic E-state index is 12.8. The first-order valence-corrected chi connectivity index (χ1v) is 10.3. The number of aliphatic carboxylic acids is 2. The van der Waals surface area contributed by atoms with Crippen molar-refractivity contribution in [1.82, 2.24) is 16.0 Å². The van der Waals surface area contributed by atoms with Gasteiger partial charge in [0, 0.05) is 12.8 Å². The van der Waals surface area contributed by atoms with Gasteiger partial charge in [-0.2, -0.15) is 0 Å². The predicted octanol–water partition coefficient (Wildman–Crippen LogP) is -2.98. The number of rotatable bonds is 16. The molecule has 10 N–H and O–H groups in total. The Bertz CT molecular complexity index is 730. The molecule has 14 nitrogen and oxygen atoms in total. The Labute approximate surface area is 190 Å². The van der Waals surface area contributed by atoms with Crippen molar-refractivity contribution in [2.24, 2.45) is 17.4 Å². The molecule has 0 aliphatic rings. The van der Waals surface area contributed by atoms with Gasteiger partial charge in [0.1, 0.15) is 24.2 Å². The van der Waals surface area contributed by atoms with E-state index in [2.05, 4.69) is 16.0 Å². The second-order valence-electron chi connectivity index (χ2n) is 7.56. The first kappa shape index (κ1) is 29.7. The Kier molecular flexibility index (Phi) is 13.3. The molecule has 0 saturated carbocycles. The van der Waals surface area contributed by atoms with Crippen LogP contribution in [0.15, 0.2) is 0 Å². The third-order valence-electron chi connectivity index (χ3n) is 4.90. The largest absolute Gasteiger partial charge is 0.481 e. The molecule has 33 heavy (non-hydrogen) atoms. The lowest BCUT2D eigenvalue weighted by Crippen LogP contribution is -2.59. The molecule has 4 amide bonds. The lowest BCUT2D eigenvalue weighted by Gasteiger charge is -2.28. The van der Waals surface area contributed by atoms with Gasteiger partial charge in [0.15, 0.2) is 0 Å². The van der Waals surface area contributed by atoms with Crippen LogP contribution in [0.3, 0.4) is 0 Å². The molecule has 0 aromatic carbocycles. The average molecular weight is 475 g/mol. The van der Waals surface area contributed by atoms with Gasteiger partial charge in [0.2, 0.25) is 23.6 Å². The molecule has 5 atom stereocenters. The highest BCUT2D eigenvalue weighted by Crippen LogP contribution is 2.11. The summed E-state index contributed by atoms with van der Waals surface area (Å²) < 4.78 is 0. The molecule has 0 radical (unpaired) electrons. The summed E-state index contributed by atoms with van der Waals surface area (Å²) in [6, 6.07) is -5.36. The van der Waals surface area contributed by atoms with E-state index in [1.807, 2.05) is 0 Å². The summed E-state index contributed by atoms with van der Waals surface area (Å²) in [5, 5.41) is 34.0. The van der Waals surface area contributed by atoms with E-state index in [1.54, 1.807) is 13.8 Å². The van der Waals surface area contributed by atoms with Crippen LogP contribution >= 0.6 is 0 Å². The first-order valence-electron chi connectivity index (χ1n) is 10.3. The van der Waals surface area contributed by atoms with Gasteiger partial charge in [0.05, 0.1) is 6.61 Å². The summed E-state index contributed by atoms with van der Waals surface area (Å²) in [7, 11) is 0. The van der Waals surface area contributed by atoms with Crippen molar-refractivity contribution >= 4 is 35.6 Å². The van der Waals surface area contributed by atoms with E-state index < -0.39 is 78.7 Å². The SMILES string of the molecule is CCC(C)C(NC(=O)C(CCC(N)=O)NC(=O)C(N)CO)C(=O)NC(CCC(=O)O)C(=O)O. The van der Waals surface area contributed by atoms with Crippen molar-refractivity contribution < 1.29 is 44.1 Å². The zero-order valence-electron chi connectivity index (χ0n) is 18.6. The molecule has 0 aliphatic heterocycles. The van der Waals surface area contributed by atoms with Gasteiger partial charge in [-0.3, -0.25) is 24.0 Å². The van der Waals surface area contributed by atoms with Crippen molar-refractivity contribution in [2.75, 3.05) is 6.61 Å². The van der Waals surface area contributed by atoms with Crippen LogP contribution in [0.25, 0.3) is 0 Å². The van der Waals surface area contributed by atoms with Crippen LogP contribution in [-0.2, 0) is 28.8 Å². The lowest BCUT2D eigenvalue weighted by atomic mass is 9.96. The highest BCUT2D eigenvalue weighted by Gasteiger charge is 2.32. The Morgan fingerprint density at radius 2 is 1.39 bits per heavy atom. The van der Waals surface area contributed by atoms with Crippen molar-refractivity contribution in [2.45, 2.75) is 70.1 Å². The molecular weight excluding hydrogens is 442 g/mol. The molecular formula is C19H33N5O9. The van der Waals surface area contributed by atoms with Gasteiger partial charge in [-0.05, 0) is 18.8 Å². The van der Waals surface area contributed by atoms with E-state index in [0.29, 0.717) is 6.42 Å². The van der Waals surface area contributed by atoms with Crippen LogP contribution in [-0.4, -0.2) is 81.7 Å². The van der Waals surface area contributed by atoms with E-state index in [1.165, 1.54) is 0 Å². The average Bonchev–Trinajstić information content (AvgIpc) is 2.75. The summed E-state index contributed by atoms with van der Waals surface area (Å²) in [6.07, 6.45) is -0.948. The summed E-state index contributed by atoms with van der Waals surface area (Å²) in [6.45, 7) is 2.65. The second kappa shape index (κ2) is 14.7. The van der Waals surface area contributed by atoms with Crippen LogP contribution in [0.1, 0.15) is 46.0 Å². The molecule has 0 saturated heterocycles. The highest BCUT2D eigenvalue weighted by atomic mass is 16.4. The third kappa shape index (κ3) is 11.2. The number of hydrogen-bond acceptors (Lipinski definition) is 8. The van der Waals surface area contributed by atoms with Crippen molar-refractivity contribution in [3.8, 4) is 0 Å². The maximum Gasteiger partial charge on any atom is 0.326 e. The zero-order chi connectivity index (χ0) is 25.7. The number of carboxylic acid groups (broad SMARTS) is 2. The minimum atomic E-state index is -1.50. The Balaban J connectivity index is 5.57. The maximum atomic E-state index is 12.8. The summed E-state index contributed by atoms with van der Waals surface area (Å²) in [4.78, 5) is 70.8. The molecule has 188 valence electrons. The molecule has 0 aromatic heterocycles. The van der Waals surface area contributed by atoms with Gasteiger partial charge in [-0.15, -0.1) is 0 Å². The fourth-order valence-corrected chi connectivity index (χ4v) is 2.66.